The standard InChI is InChI=1S/C4H8Cl.2C2H6O.Ti/c1-2-3-4-5;2*1-2-3;/h1-4H2;2*3H,2H2,1H3;/q-1;;;. The topological polar surface area (TPSA) is 40.5 Å². The van der Waals surface area contributed by atoms with Gasteiger partial charge in [0.25, 0.3) is 0 Å². The molecule has 0 radical (unpaired) electrons. The minimum Gasteiger partial charge on any atom is -0.397 e. The van der Waals surface area contributed by atoms with Crippen molar-refractivity contribution in [3.63, 3.8) is 0 Å². The Kier molecular flexibility index (Phi) is 78.0. The zero-order valence-electron chi connectivity index (χ0n) is 8.02. The maximum atomic E-state index is 7.57. The Labute approximate surface area is 96.2 Å². The summed E-state index contributed by atoms with van der Waals surface area (Å²) in [7, 11) is 0. The van der Waals surface area contributed by atoms with Crippen LogP contribution in [0, 0.1) is 6.92 Å². The molecule has 0 aliphatic carbocycles. The first-order chi connectivity index (χ1) is 5.24. The van der Waals surface area contributed by atoms with Gasteiger partial charge in [0.2, 0.25) is 0 Å². The van der Waals surface area contributed by atoms with E-state index in [4.69, 9.17) is 21.8 Å². The van der Waals surface area contributed by atoms with E-state index in [1.807, 2.05) is 0 Å². The number of hydrogen-bond acceptors (Lipinski definition) is 2. The van der Waals surface area contributed by atoms with E-state index in [1.165, 1.54) is 0 Å². The van der Waals surface area contributed by atoms with Gasteiger partial charge in [-0.2, -0.15) is 6.42 Å². The van der Waals surface area contributed by atoms with Gasteiger partial charge in [0.15, 0.2) is 0 Å². The van der Waals surface area contributed by atoms with Gasteiger partial charge in [-0.1, -0.05) is 6.42 Å². The average Bonchev–Trinajstić information content (AvgIpc) is 1.92. The fraction of sp³-hybridized carbons (Fsp3) is 0.875. The summed E-state index contributed by atoms with van der Waals surface area (Å²) in [4.78, 5) is 0. The minimum absolute atomic E-state index is 0. The van der Waals surface area contributed by atoms with Gasteiger partial charge >= 0.3 is 0 Å². The molecule has 0 heterocycles. The van der Waals surface area contributed by atoms with Crippen LogP contribution >= 0.6 is 11.6 Å². The van der Waals surface area contributed by atoms with E-state index in [-0.39, 0.29) is 34.9 Å². The molecule has 0 aromatic rings. The van der Waals surface area contributed by atoms with Crippen LogP contribution in [0.1, 0.15) is 26.7 Å². The fourth-order valence-corrected chi connectivity index (χ4v) is 0.283. The van der Waals surface area contributed by atoms with Crippen molar-refractivity contribution in [1.82, 2.24) is 0 Å². The first kappa shape index (κ1) is 23.1. The molecule has 0 saturated heterocycles. The molecule has 12 heavy (non-hydrogen) atoms. The molecule has 0 spiro atoms. The largest absolute Gasteiger partial charge is 0.397 e. The number of unbranched alkanes of at least 4 members (excludes halogenated alkanes) is 1. The van der Waals surface area contributed by atoms with Crippen LogP contribution in [0.2, 0.25) is 0 Å². The summed E-state index contributed by atoms with van der Waals surface area (Å²) >= 11 is 5.26. The Morgan fingerprint density at radius 3 is 1.42 bits per heavy atom. The fourth-order valence-electron chi connectivity index (χ4n) is 0.0945. The van der Waals surface area contributed by atoms with Crippen LogP contribution in [0.5, 0.6) is 0 Å². The first-order valence-corrected chi connectivity index (χ1v) is 4.35. The first-order valence-electron chi connectivity index (χ1n) is 3.81. The summed E-state index contributed by atoms with van der Waals surface area (Å²) in [6, 6.07) is 0. The molecular weight excluding hydrogens is 211 g/mol. The van der Waals surface area contributed by atoms with E-state index < -0.39 is 0 Å². The monoisotopic (exact) mass is 231 g/mol. The van der Waals surface area contributed by atoms with E-state index in [0.29, 0.717) is 0 Å². The minimum atomic E-state index is 0. The second kappa shape index (κ2) is 40.5. The molecule has 2 N–H and O–H groups in total. The van der Waals surface area contributed by atoms with E-state index >= 15 is 0 Å². The molecule has 0 aliphatic heterocycles. The molecule has 0 atom stereocenters. The van der Waals surface area contributed by atoms with Gasteiger partial charge in [0.05, 0.1) is 0 Å². The molecule has 76 valence electrons. The predicted octanol–water partition coefficient (Wildman–Crippen LogP) is 1.83. The molecule has 0 aromatic heterocycles. The third kappa shape index (κ3) is 126. The number of rotatable bonds is 2. The van der Waals surface area contributed by atoms with Gasteiger partial charge in [-0.15, -0.1) is 11.6 Å². The van der Waals surface area contributed by atoms with E-state index in [2.05, 4.69) is 6.92 Å². The van der Waals surface area contributed by atoms with Crippen molar-refractivity contribution >= 4 is 11.6 Å². The predicted molar refractivity (Wildman–Crippen MR) is 50.8 cm³/mol. The summed E-state index contributed by atoms with van der Waals surface area (Å²) < 4.78 is 0. The molecule has 0 fully saturated rings. The zero-order chi connectivity index (χ0) is 9.54. The summed E-state index contributed by atoms with van der Waals surface area (Å²) in [6.07, 6.45) is 2.01. The molecule has 0 saturated carbocycles. The van der Waals surface area contributed by atoms with Gasteiger partial charge in [-0.25, -0.2) is 0 Å². The Balaban J connectivity index is -0.0000000406. The molecular formula is C8H20ClO2Ti-. The van der Waals surface area contributed by atoms with Crippen LogP contribution in [0.3, 0.4) is 0 Å². The number of aliphatic hydroxyl groups is 2. The van der Waals surface area contributed by atoms with Gasteiger partial charge in [-0.05, 0) is 13.8 Å². The number of hydrogen-bond donors (Lipinski definition) is 2. The Hall–Kier alpha value is 0.924. The van der Waals surface area contributed by atoms with Crippen molar-refractivity contribution in [3.8, 4) is 0 Å². The van der Waals surface area contributed by atoms with Crippen LogP contribution in [-0.2, 0) is 21.7 Å². The number of aliphatic hydroxyl groups excluding tert-OH is 2. The van der Waals surface area contributed by atoms with Crippen molar-refractivity contribution in [2.75, 3.05) is 19.1 Å². The SMILES string of the molecule is CCO.CCO.[CH2-]CCCCl.[Ti]. The normalized spacial score (nSPS) is 6.50. The molecule has 0 bridgehead atoms. The summed E-state index contributed by atoms with van der Waals surface area (Å²) in [5.74, 6) is 0.753. The second-order valence-corrected chi connectivity index (χ2v) is 1.91. The second-order valence-electron chi connectivity index (χ2n) is 1.53. The van der Waals surface area contributed by atoms with Gasteiger partial charge in [0, 0.05) is 40.8 Å². The molecule has 0 amide bonds. The number of halogens is 1. The van der Waals surface area contributed by atoms with Crippen LogP contribution in [0.4, 0.5) is 0 Å². The maximum absolute atomic E-state index is 7.57. The van der Waals surface area contributed by atoms with Crippen molar-refractivity contribution in [2.24, 2.45) is 0 Å². The molecule has 2 nitrogen and oxygen atoms in total. The van der Waals surface area contributed by atoms with E-state index in [0.717, 1.165) is 18.7 Å². The molecule has 4 heteroatoms. The zero-order valence-corrected chi connectivity index (χ0v) is 10.3. The van der Waals surface area contributed by atoms with Crippen LogP contribution in [0.15, 0.2) is 0 Å². The third-order valence-electron chi connectivity index (χ3n) is 0.384. The van der Waals surface area contributed by atoms with E-state index in [1.54, 1.807) is 13.8 Å². The molecule has 0 unspecified atom stereocenters. The van der Waals surface area contributed by atoms with Gasteiger partial charge in [0.1, 0.15) is 0 Å². The van der Waals surface area contributed by atoms with Crippen molar-refractivity contribution in [1.29, 1.82) is 0 Å². The summed E-state index contributed by atoms with van der Waals surface area (Å²) in [5, 5.41) is 15.1. The Bertz CT molecular complexity index is 36.2. The van der Waals surface area contributed by atoms with Crippen molar-refractivity contribution in [3.05, 3.63) is 6.92 Å². The Morgan fingerprint density at radius 1 is 1.17 bits per heavy atom. The summed E-state index contributed by atoms with van der Waals surface area (Å²) in [5.41, 5.74) is 0. The Morgan fingerprint density at radius 2 is 1.42 bits per heavy atom. The van der Waals surface area contributed by atoms with Crippen LogP contribution < -0.4 is 0 Å². The maximum Gasteiger partial charge on any atom is 0.0402 e. The van der Waals surface area contributed by atoms with Crippen molar-refractivity contribution in [2.45, 2.75) is 26.7 Å². The van der Waals surface area contributed by atoms with E-state index in [9.17, 15) is 0 Å². The molecule has 0 rings (SSSR count). The van der Waals surface area contributed by atoms with Crippen molar-refractivity contribution < 1.29 is 31.9 Å². The van der Waals surface area contributed by atoms with Gasteiger partial charge in [-0.3, -0.25) is 0 Å². The van der Waals surface area contributed by atoms with Crippen LogP contribution in [-0.4, -0.2) is 29.3 Å². The number of alkyl halides is 1. The molecule has 0 aromatic carbocycles. The quantitative estimate of drug-likeness (QED) is 0.432. The smallest absolute Gasteiger partial charge is 0.0402 e. The molecule has 0 aliphatic rings. The van der Waals surface area contributed by atoms with Gasteiger partial charge < -0.3 is 17.1 Å². The van der Waals surface area contributed by atoms with Crippen LogP contribution in [0.25, 0.3) is 0 Å². The third-order valence-corrected chi connectivity index (χ3v) is 0.651. The average molecular weight is 232 g/mol. The summed E-state index contributed by atoms with van der Waals surface area (Å²) in [6.45, 7) is 7.45.